The van der Waals surface area contributed by atoms with Crippen molar-refractivity contribution in [1.82, 2.24) is 25.5 Å². The Labute approximate surface area is 285 Å². The quantitative estimate of drug-likeness (QED) is 0.0700. The molecular formula is C32H39N7O11. The summed E-state index contributed by atoms with van der Waals surface area (Å²) in [7, 11) is 0. The molecule has 6 unspecified atom stereocenters. The molecule has 2 aliphatic heterocycles. The SMILES string of the molecule is C#CCC(NC(=O)OC(CCCOC(=O)CCC(=O)NCC1OC(n2ccc(=O)[nH]c2=O)C(O)C1O)c1ccccc1)C(=O)NCC1(C)N=N1. The lowest BCUT2D eigenvalue weighted by molar-refractivity contribution is -0.145. The fourth-order valence-corrected chi connectivity index (χ4v) is 4.93. The summed E-state index contributed by atoms with van der Waals surface area (Å²) >= 11 is 0. The smallest absolute Gasteiger partial charge is 0.408 e. The minimum Gasteiger partial charge on any atom is -0.466 e. The van der Waals surface area contributed by atoms with Crippen molar-refractivity contribution in [2.75, 3.05) is 19.7 Å². The number of hydrogen-bond acceptors (Lipinski definition) is 13. The van der Waals surface area contributed by atoms with E-state index in [1.54, 1.807) is 37.3 Å². The lowest BCUT2D eigenvalue weighted by Gasteiger charge is -2.21. The van der Waals surface area contributed by atoms with Crippen LogP contribution in [0.15, 0.2) is 62.4 Å². The number of aromatic nitrogens is 2. The van der Waals surface area contributed by atoms with Crippen LogP contribution in [-0.2, 0) is 28.6 Å². The van der Waals surface area contributed by atoms with Crippen molar-refractivity contribution in [1.29, 1.82) is 0 Å². The Balaban J connectivity index is 1.17. The number of H-pyrrole nitrogens is 1. The Morgan fingerprint density at radius 1 is 1.10 bits per heavy atom. The summed E-state index contributed by atoms with van der Waals surface area (Å²) < 4.78 is 17.3. The number of rotatable bonds is 17. The van der Waals surface area contributed by atoms with Crippen molar-refractivity contribution < 1.29 is 43.6 Å². The predicted octanol–water partition coefficient (Wildman–Crippen LogP) is -0.467. The highest BCUT2D eigenvalue weighted by atomic mass is 16.6. The van der Waals surface area contributed by atoms with E-state index in [1.807, 2.05) is 4.98 Å². The first kappa shape index (κ1) is 37.4. The topological polar surface area (TPSA) is 252 Å². The van der Waals surface area contributed by atoms with Crippen molar-refractivity contribution in [3.63, 3.8) is 0 Å². The molecule has 1 fully saturated rings. The third-order valence-corrected chi connectivity index (χ3v) is 7.78. The van der Waals surface area contributed by atoms with E-state index in [0.717, 1.165) is 16.8 Å². The number of nitrogens with zero attached hydrogens (tertiary/aromatic N) is 3. The standard InChI is InChI=1S/C32H39N7O11/c1-3-8-20(28(45)34-18-32(2)37-38-32)35-31(47)50-21(19-9-5-4-6-10-19)11-7-16-48-25(42)13-12-23(40)33-17-22-26(43)27(44)29(49-22)39-15-14-24(41)36-30(39)46/h1,4-6,9-10,14-15,20-22,26-27,29,43-44H,7-8,11-13,16-18H2,2H3,(H,33,40)(H,34,45)(H,35,47)(H,36,41,46). The first-order chi connectivity index (χ1) is 23.9. The van der Waals surface area contributed by atoms with Gasteiger partial charge in [0.25, 0.3) is 5.56 Å². The number of carbonyl (C=O) groups excluding carboxylic acids is 4. The number of aromatic amines is 1. The van der Waals surface area contributed by atoms with Gasteiger partial charge in [-0.05, 0) is 25.3 Å². The van der Waals surface area contributed by atoms with Crippen LogP contribution in [0.25, 0.3) is 0 Å². The van der Waals surface area contributed by atoms with E-state index in [4.69, 9.17) is 20.6 Å². The zero-order chi connectivity index (χ0) is 36.3. The molecular weight excluding hydrogens is 658 g/mol. The molecule has 0 aliphatic carbocycles. The number of hydrogen-bond donors (Lipinski definition) is 6. The summed E-state index contributed by atoms with van der Waals surface area (Å²) in [6.45, 7) is 1.64. The number of aliphatic hydroxyl groups is 2. The number of aliphatic hydroxyl groups excluding tert-OH is 2. The molecule has 2 aliphatic rings. The lowest BCUT2D eigenvalue weighted by atomic mass is 10.1. The largest absolute Gasteiger partial charge is 0.466 e. The van der Waals surface area contributed by atoms with Crippen LogP contribution in [0.5, 0.6) is 0 Å². The van der Waals surface area contributed by atoms with Gasteiger partial charge in [-0.2, -0.15) is 10.2 Å². The molecule has 1 aromatic carbocycles. The Morgan fingerprint density at radius 3 is 2.52 bits per heavy atom. The van der Waals surface area contributed by atoms with Crippen molar-refractivity contribution in [3.05, 3.63) is 69.0 Å². The Morgan fingerprint density at radius 2 is 1.84 bits per heavy atom. The van der Waals surface area contributed by atoms with Gasteiger partial charge in [-0.1, -0.05) is 30.3 Å². The second-order valence-electron chi connectivity index (χ2n) is 11.8. The molecule has 3 amide bonds. The minimum absolute atomic E-state index is 0.0305. The van der Waals surface area contributed by atoms with Crippen LogP contribution in [0.4, 0.5) is 4.79 Å². The predicted molar refractivity (Wildman–Crippen MR) is 172 cm³/mol. The maximum atomic E-state index is 12.8. The summed E-state index contributed by atoms with van der Waals surface area (Å²) in [6, 6.07) is 8.87. The average Bonchev–Trinajstić information content (AvgIpc) is 3.77. The number of alkyl carbamates (subject to hydrolysis) is 1. The van der Waals surface area contributed by atoms with E-state index >= 15 is 0 Å². The van der Waals surface area contributed by atoms with Crippen molar-refractivity contribution in [2.45, 2.75) is 81.4 Å². The second-order valence-corrected chi connectivity index (χ2v) is 11.8. The average molecular weight is 698 g/mol. The molecule has 50 heavy (non-hydrogen) atoms. The fraction of sp³-hybridized carbons (Fsp3) is 0.500. The second kappa shape index (κ2) is 17.3. The van der Waals surface area contributed by atoms with Gasteiger partial charge in [-0.25, -0.2) is 9.59 Å². The molecule has 4 rings (SSSR count). The Kier molecular flexibility index (Phi) is 13.0. The number of ether oxygens (including phenoxy) is 3. The van der Waals surface area contributed by atoms with Crippen molar-refractivity contribution in [3.8, 4) is 12.3 Å². The van der Waals surface area contributed by atoms with Crippen LogP contribution in [0, 0.1) is 12.3 Å². The highest BCUT2D eigenvalue weighted by Crippen LogP contribution is 2.28. The molecule has 6 atom stereocenters. The van der Waals surface area contributed by atoms with Gasteiger partial charge >= 0.3 is 17.8 Å². The highest BCUT2D eigenvalue weighted by molar-refractivity contribution is 5.86. The van der Waals surface area contributed by atoms with E-state index in [-0.39, 0.29) is 45.4 Å². The third kappa shape index (κ3) is 10.8. The minimum atomic E-state index is -1.51. The number of carbonyl (C=O) groups is 4. The van der Waals surface area contributed by atoms with Crippen LogP contribution in [0.1, 0.15) is 56.9 Å². The van der Waals surface area contributed by atoms with E-state index in [2.05, 4.69) is 32.1 Å². The van der Waals surface area contributed by atoms with Gasteiger partial charge in [0.1, 0.15) is 30.5 Å². The van der Waals surface area contributed by atoms with Crippen molar-refractivity contribution >= 4 is 23.9 Å². The molecule has 0 saturated carbocycles. The number of terminal acetylenes is 1. The molecule has 3 heterocycles. The molecule has 0 radical (unpaired) electrons. The fourth-order valence-electron chi connectivity index (χ4n) is 4.93. The van der Waals surface area contributed by atoms with Crippen LogP contribution in [-0.4, -0.2) is 93.4 Å². The van der Waals surface area contributed by atoms with E-state index in [1.165, 1.54) is 0 Å². The van der Waals surface area contributed by atoms with Crippen LogP contribution < -0.4 is 27.2 Å². The van der Waals surface area contributed by atoms with Gasteiger partial charge in [0.15, 0.2) is 6.23 Å². The van der Waals surface area contributed by atoms with Gasteiger partial charge in [-0.15, -0.1) is 12.3 Å². The molecule has 18 nitrogen and oxygen atoms in total. The number of benzene rings is 1. The maximum Gasteiger partial charge on any atom is 0.408 e. The summed E-state index contributed by atoms with van der Waals surface area (Å²) in [6.07, 6.45) is -0.429. The van der Waals surface area contributed by atoms with Gasteiger partial charge in [0.05, 0.1) is 19.6 Å². The molecule has 0 spiro atoms. The highest BCUT2D eigenvalue weighted by Gasteiger charge is 2.44. The first-order valence-corrected chi connectivity index (χ1v) is 15.8. The van der Waals surface area contributed by atoms with Crippen LogP contribution >= 0.6 is 0 Å². The van der Waals surface area contributed by atoms with E-state index < -0.39 is 77.5 Å². The summed E-state index contributed by atoms with van der Waals surface area (Å²) in [4.78, 5) is 75.4. The maximum absolute atomic E-state index is 12.8. The van der Waals surface area contributed by atoms with Crippen molar-refractivity contribution in [2.24, 2.45) is 10.2 Å². The van der Waals surface area contributed by atoms with Crippen LogP contribution in [0.3, 0.4) is 0 Å². The lowest BCUT2D eigenvalue weighted by Crippen LogP contribution is -2.48. The van der Waals surface area contributed by atoms with Gasteiger partial charge < -0.3 is 40.4 Å². The first-order valence-electron chi connectivity index (χ1n) is 15.8. The molecule has 6 N–H and O–H groups in total. The van der Waals surface area contributed by atoms with Gasteiger partial charge in [0.2, 0.25) is 17.5 Å². The molecule has 268 valence electrons. The molecule has 18 heteroatoms. The summed E-state index contributed by atoms with van der Waals surface area (Å²) in [5.74, 6) is 0.652. The molecule has 1 saturated heterocycles. The Bertz CT molecular complexity index is 1700. The molecule has 2 aromatic rings. The zero-order valence-electron chi connectivity index (χ0n) is 27.2. The summed E-state index contributed by atoms with van der Waals surface area (Å²) in [5.41, 5.74) is -1.48. The Hall–Kier alpha value is -5.38. The normalized spacial score (nSPS) is 21.2. The monoisotopic (exact) mass is 697 g/mol. The number of amides is 3. The molecule has 0 bridgehead atoms. The van der Waals surface area contributed by atoms with E-state index in [9.17, 15) is 39.0 Å². The molecule has 1 aromatic heterocycles. The van der Waals surface area contributed by atoms with E-state index in [0.29, 0.717) is 12.0 Å². The van der Waals surface area contributed by atoms with Gasteiger partial charge in [0, 0.05) is 31.6 Å². The zero-order valence-corrected chi connectivity index (χ0v) is 27.2. The summed E-state index contributed by atoms with van der Waals surface area (Å²) in [5, 5.41) is 36.0. The van der Waals surface area contributed by atoms with Gasteiger partial charge in [-0.3, -0.25) is 28.7 Å². The van der Waals surface area contributed by atoms with Crippen LogP contribution in [0.2, 0.25) is 0 Å². The number of nitrogens with one attached hydrogen (secondary N) is 4. The number of esters is 1. The third-order valence-electron chi connectivity index (χ3n) is 7.78.